The number of nitrogens with zero attached hydrogens (tertiary/aromatic N) is 1. The van der Waals surface area contributed by atoms with Crippen LogP contribution in [-0.4, -0.2) is 38.2 Å². The quantitative estimate of drug-likeness (QED) is 0.599. The predicted molar refractivity (Wildman–Crippen MR) is 72.4 cm³/mol. The smallest absolute Gasteiger partial charge is 0.337 e. The van der Waals surface area contributed by atoms with Crippen LogP contribution in [0.4, 0.5) is 5.69 Å². The Morgan fingerprint density at radius 2 is 2.00 bits per heavy atom. The number of methoxy groups -OCH3 is 2. The van der Waals surface area contributed by atoms with E-state index < -0.39 is 23.4 Å². The summed E-state index contributed by atoms with van der Waals surface area (Å²) < 4.78 is 9.87. The highest BCUT2D eigenvalue weighted by atomic mass is 16.5. The largest absolute Gasteiger partial charge is 0.468 e. The van der Waals surface area contributed by atoms with Crippen molar-refractivity contribution < 1.29 is 19.1 Å². The number of fused-ring (bicyclic) bond motifs is 3. The van der Waals surface area contributed by atoms with Crippen molar-refractivity contribution in [3.05, 3.63) is 42.0 Å². The van der Waals surface area contributed by atoms with Crippen LogP contribution in [0, 0.1) is 0 Å². The van der Waals surface area contributed by atoms with Crippen LogP contribution in [0.25, 0.3) is 0 Å². The van der Waals surface area contributed by atoms with Crippen molar-refractivity contribution in [3.8, 4) is 0 Å². The van der Waals surface area contributed by atoms with Crippen LogP contribution in [0.2, 0.25) is 0 Å². The number of benzene rings is 1. The van der Waals surface area contributed by atoms with Crippen molar-refractivity contribution >= 4 is 17.6 Å². The third-order valence-electron chi connectivity index (χ3n) is 4.03. The molecule has 0 radical (unpaired) electrons. The van der Waals surface area contributed by atoms with Gasteiger partial charge in [0.15, 0.2) is 5.54 Å². The van der Waals surface area contributed by atoms with Crippen LogP contribution in [0.5, 0.6) is 0 Å². The maximum atomic E-state index is 12.4. The number of para-hydroxylation sites is 1. The van der Waals surface area contributed by atoms with E-state index in [1.165, 1.54) is 14.2 Å². The van der Waals surface area contributed by atoms with E-state index in [0.29, 0.717) is 6.54 Å². The summed E-state index contributed by atoms with van der Waals surface area (Å²) in [5, 5.41) is 0. The second-order valence-corrected chi connectivity index (χ2v) is 4.84. The molecule has 0 saturated carbocycles. The topological polar surface area (TPSA) is 55.8 Å². The van der Waals surface area contributed by atoms with Gasteiger partial charge in [-0.05, 0) is 17.7 Å². The molecule has 2 atom stereocenters. The van der Waals surface area contributed by atoms with Crippen LogP contribution in [0.15, 0.2) is 36.4 Å². The third kappa shape index (κ3) is 1.37. The Morgan fingerprint density at radius 1 is 1.25 bits per heavy atom. The van der Waals surface area contributed by atoms with E-state index in [-0.39, 0.29) is 0 Å². The van der Waals surface area contributed by atoms with E-state index in [4.69, 9.17) is 9.47 Å². The van der Waals surface area contributed by atoms with Gasteiger partial charge in [0, 0.05) is 12.2 Å². The number of hydrogen-bond acceptors (Lipinski definition) is 5. The second kappa shape index (κ2) is 4.37. The Balaban J connectivity index is 2.23. The van der Waals surface area contributed by atoms with E-state index in [1.807, 2.05) is 35.2 Å². The molecular weight excluding hydrogens is 258 g/mol. The first kappa shape index (κ1) is 12.7. The average molecular weight is 273 g/mol. The van der Waals surface area contributed by atoms with E-state index in [1.54, 1.807) is 6.08 Å². The molecule has 20 heavy (non-hydrogen) atoms. The fourth-order valence-corrected chi connectivity index (χ4v) is 3.23. The van der Waals surface area contributed by atoms with E-state index in [2.05, 4.69) is 0 Å². The third-order valence-corrected chi connectivity index (χ3v) is 4.03. The maximum absolute atomic E-state index is 12.4. The highest BCUT2D eigenvalue weighted by molar-refractivity contribution is 6.02. The fourth-order valence-electron chi connectivity index (χ4n) is 3.23. The number of ether oxygens (including phenoxy) is 2. The predicted octanol–water partition coefficient (Wildman–Crippen LogP) is 1.24. The number of carbonyl (C=O) groups excluding carboxylic acids is 2. The van der Waals surface area contributed by atoms with Crippen molar-refractivity contribution in [1.29, 1.82) is 0 Å². The molecular formula is C15H15NO4. The van der Waals surface area contributed by atoms with Gasteiger partial charge in [-0.3, -0.25) is 4.79 Å². The summed E-state index contributed by atoms with van der Waals surface area (Å²) in [4.78, 5) is 26.5. The zero-order valence-corrected chi connectivity index (χ0v) is 11.3. The Labute approximate surface area is 116 Å². The summed E-state index contributed by atoms with van der Waals surface area (Å²) >= 11 is 0. The molecule has 0 aliphatic carbocycles. The molecule has 0 saturated heterocycles. The highest BCUT2D eigenvalue weighted by Gasteiger charge is 2.61. The molecule has 0 N–H and O–H groups in total. The van der Waals surface area contributed by atoms with Gasteiger partial charge in [0.1, 0.15) is 5.92 Å². The van der Waals surface area contributed by atoms with Crippen LogP contribution >= 0.6 is 0 Å². The number of rotatable bonds is 2. The van der Waals surface area contributed by atoms with Crippen molar-refractivity contribution in [1.82, 2.24) is 0 Å². The van der Waals surface area contributed by atoms with Gasteiger partial charge in [-0.1, -0.05) is 24.3 Å². The second-order valence-electron chi connectivity index (χ2n) is 4.84. The van der Waals surface area contributed by atoms with Gasteiger partial charge in [-0.25, -0.2) is 4.79 Å². The van der Waals surface area contributed by atoms with Crippen molar-refractivity contribution in [2.24, 2.45) is 0 Å². The van der Waals surface area contributed by atoms with E-state index in [0.717, 1.165) is 11.3 Å². The molecule has 5 heteroatoms. The monoisotopic (exact) mass is 273 g/mol. The summed E-state index contributed by atoms with van der Waals surface area (Å²) in [6.07, 6.45) is 3.63. The zero-order chi connectivity index (χ0) is 14.3. The molecule has 0 spiro atoms. The lowest BCUT2D eigenvalue weighted by Crippen LogP contribution is -2.53. The first-order valence-corrected chi connectivity index (χ1v) is 6.37. The van der Waals surface area contributed by atoms with Gasteiger partial charge >= 0.3 is 11.9 Å². The van der Waals surface area contributed by atoms with Gasteiger partial charge < -0.3 is 14.4 Å². The van der Waals surface area contributed by atoms with Crippen LogP contribution < -0.4 is 4.90 Å². The van der Waals surface area contributed by atoms with Crippen LogP contribution in [0.1, 0.15) is 11.5 Å². The maximum Gasteiger partial charge on any atom is 0.337 e. The standard InChI is InChI=1S/C15H15NO4/c1-19-13(17)12-10-6-3-4-7-11(10)16-9-5-8-15(12,16)14(18)20-2/h3-8,12H,9H2,1-2H3. The van der Waals surface area contributed by atoms with Gasteiger partial charge in [-0.15, -0.1) is 0 Å². The molecule has 0 bridgehead atoms. The van der Waals surface area contributed by atoms with E-state index in [9.17, 15) is 9.59 Å². The molecule has 0 aromatic heterocycles. The number of esters is 2. The summed E-state index contributed by atoms with van der Waals surface area (Å²) in [7, 11) is 2.66. The molecule has 2 aliphatic heterocycles. The Bertz CT molecular complexity index is 610. The Kier molecular flexibility index (Phi) is 2.78. The first-order chi connectivity index (χ1) is 9.66. The molecule has 5 nitrogen and oxygen atoms in total. The lowest BCUT2D eigenvalue weighted by Gasteiger charge is -2.33. The number of hydrogen-bond donors (Lipinski definition) is 0. The minimum atomic E-state index is -1.12. The molecule has 3 rings (SSSR count). The van der Waals surface area contributed by atoms with Crippen molar-refractivity contribution in [2.45, 2.75) is 11.5 Å². The molecule has 2 unspecified atom stereocenters. The fraction of sp³-hybridized carbons (Fsp3) is 0.333. The van der Waals surface area contributed by atoms with Gasteiger partial charge in [0.05, 0.1) is 14.2 Å². The highest BCUT2D eigenvalue weighted by Crippen LogP contribution is 2.51. The molecule has 2 heterocycles. The van der Waals surface area contributed by atoms with E-state index >= 15 is 0 Å². The number of anilines is 1. The van der Waals surface area contributed by atoms with Crippen molar-refractivity contribution in [2.75, 3.05) is 25.7 Å². The first-order valence-electron chi connectivity index (χ1n) is 6.37. The normalized spacial score (nSPS) is 26.1. The molecule has 1 aromatic carbocycles. The minimum absolute atomic E-state index is 0.433. The van der Waals surface area contributed by atoms with Gasteiger partial charge in [0.2, 0.25) is 0 Å². The molecule has 0 fully saturated rings. The Morgan fingerprint density at radius 3 is 2.70 bits per heavy atom. The van der Waals surface area contributed by atoms with Crippen molar-refractivity contribution in [3.63, 3.8) is 0 Å². The lowest BCUT2D eigenvalue weighted by molar-refractivity contribution is -0.153. The summed E-state index contributed by atoms with van der Waals surface area (Å²) in [6, 6.07) is 7.50. The molecule has 1 aromatic rings. The molecule has 0 amide bonds. The van der Waals surface area contributed by atoms with Crippen LogP contribution in [-0.2, 0) is 19.1 Å². The van der Waals surface area contributed by atoms with Gasteiger partial charge in [-0.2, -0.15) is 0 Å². The molecule has 104 valence electrons. The SMILES string of the molecule is COC(=O)C1c2ccccc2N2CC=CC12C(=O)OC. The summed E-state index contributed by atoms with van der Waals surface area (Å²) in [5.74, 6) is -1.58. The average Bonchev–Trinajstić information content (AvgIpc) is 3.02. The Hall–Kier alpha value is -2.30. The number of carbonyl (C=O) groups is 2. The lowest BCUT2D eigenvalue weighted by atomic mass is 9.82. The van der Waals surface area contributed by atoms with Crippen LogP contribution in [0.3, 0.4) is 0 Å². The molecule has 2 aliphatic rings. The summed E-state index contributed by atoms with van der Waals surface area (Å²) in [5.41, 5.74) is 0.554. The van der Waals surface area contributed by atoms with Gasteiger partial charge in [0.25, 0.3) is 0 Å². The zero-order valence-electron chi connectivity index (χ0n) is 11.3. The minimum Gasteiger partial charge on any atom is -0.468 e. The summed E-state index contributed by atoms with van der Waals surface area (Å²) in [6.45, 7) is 0.569.